The van der Waals surface area contributed by atoms with E-state index in [2.05, 4.69) is 63.7 Å². The SMILES string of the molecule is OCc1c(Br)cc(Br)c(CBr)c1Br. The van der Waals surface area contributed by atoms with Crippen LogP contribution in [-0.4, -0.2) is 5.11 Å². The predicted octanol–water partition coefficient (Wildman–Crippen LogP) is 4.36. The first kappa shape index (κ1) is 12.2. The molecule has 13 heavy (non-hydrogen) atoms. The van der Waals surface area contributed by atoms with Gasteiger partial charge >= 0.3 is 0 Å². The lowest BCUT2D eigenvalue weighted by molar-refractivity contribution is 0.280. The van der Waals surface area contributed by atoms with E-state index in [1.807, 2.05) is 6.07 Å². The first-order valence-corrected chi connectivity index (χ1v) is 6.94. The Morgan fingerprint density at radius 2 is 1.62 bits per heavy atom. The highest BCUT2D eigenvalue weighted by molar-refractivity contribution is 9.12. The molecule has 1 rings (SSSR count). The number of alkyl halides is 1. The molecule has 1 aromatic rings. The van der Waals surface area contributed by atoms with E-state index in [-0.39, 0.29) is 6.61 Å². The molecule has 5 heteroatoms. The molecule has 72 valence electrons. The van der Waals surface area contributed by atoms with Crippen molar-refractivity contribution in [2.24, 2.45) is 0 Å². The molecule has 1 N–H and O–H groups in total. The van der Waals surface area contributed by atoms with Crippen molar-refractivity contribution in [1.82, 2.24) is 0 Å². The quantitative estimate of drug-likeness (QED) is 0.682. The molecule has 0 aliphatic rings. The molecule has 0 unspecified atom stereocenters. The first-order chi connectivity index (χ1) is 6.11. The van der Waals surface area contributed by atoms with Gasteiger partial charge in [0.15, 0.2) is 0 Å². The van der Waals surface area contributed by atoms with Crippen molar-refractivity contribution < 1.29 is 5.11 Å². The summed E-state index contributed by atoms with van der Waals surface area (Å²) in [6.45, 7) is 0.0223. The number of benzene rings is 1. The van der Waals surface area contributed by atoms with Crippen molar-refractivity contribution in [2.75, 3.05) is 0 Å². The van der Waals surface area contributed by atoms with E-state index < -0.39 is 0 Å². The topological polar surface area (TPSA) is 20.2 Å². The number of hydrogen-bond donors (Lipinski definition) is 1. The van der Waals surface area contributed by atoms with E-state index in [1.165, 1.54) is 0 Å². The molecule has 0 aromatic heterocycles. The van der Waals surface area contributed by atoms with Crippen molar-refractivity contribution in [1.29, 1.82) is 0 Å². The number of halogens is 4. The van der Waals surface area contributed by atoms with Gasteiger partial charge in [-0.15, -0.1) is 0 Å². The maximum absolute atomic E-state index is 9.12. The Bertz CT molecular complexity index is 296. The van der Waals surface area contributed by atoms with Gasteiger partial charge in [-0.3, -0.25) is 0 Å². The monoisotopic (exact) mass is 434 g/mol. The minimum absolute atomic E-state index is 0.0223. The number of aliphatic hydroxyl groups is 1. The third-order valence-electron chi connectivity index (χ3n) is 1.65. The van der Waals surface area contributed by atoms with E-state index in [4.69, 9.17) is 5.11 Å². The molecule has 0 bridgehead atoms. The van der Waals surface area contributed by atoms with Gasteiger partial charge < -0.3 is 5.11 Å². The second-order valence-electron chi connectivity index (χ2n) is 2.40. The highest BCUT2D eigenvalue weighted by atomic mass is 79.9. The summed E-state index contributed by atoms with van der Waals surface area (Å²) in [5, 5.41) is 9.86. The standard InChI is InChI=1S/C8H6Br4O/c9-2-4-6(10)1-7(11)5(3-13)8(4)12/h1,13H,2-3H2. The van der Waals surface area contributed by atoms with E-state index in [0.29, 0.717) is 0 Å². The van der Waals surface area contributed by atoms with E-state index in [0.717, 1.165) is 29.9 Å². The molecular weight excluding hydrogens is 432 g/mol. The smallest absolute Gasteiger partial charge is 0.0704 e. The summed E-state index contributed by atoms with van der Waals surface area (Å²) >= 11 is 13.7. The fraction of sp³-hybridized carbons (Fsp3) is 0.250. The van der Waals surface area contributed by atoms with Crippen molar-refractivity contribution in [3.63, 3.8) is 0 Å². The first-order valence-electron chi connectivity index (χ1n) is 3.43. The number of hydrogen-bond acceptors (Lipinski definition) is 1. The van der Waals surface area contributed by atoms with Crippen LogP contribution in [0.3, 0.4) is 0 Å². The summed E-state index contributed by atoms with van der Waals surface area (Å²) in [5.41, 5.74) is 1.98. The van der Waals surface area contributed by atoms with Gasteiger partial charge in [0.1, 0.15) is 0 Å². The van der Waals surface area contributed by atoms with E-state index in [1.54, 1.807) is 0 Å². The van der Waals surface area contributed by atoms with Crippen LogP contribution in [0.1, 0.15) is 11.1 Å². The van der Waals surface area contributed by atoms with Gasteiger partial charge in [-0.1, -0.05) is 63.7 Å². The molecule has 0 heterocycles. The average Bonchev–Trinajstić information content (AvgIpc) is 2.04. The Morgan fingerprint density at radius 3 is 2.08 bits per heavy atom. The van der Waals surface area contributed by atoms with Gasteiger partial charge in [0.2, 0.25) is 0 Å². The number of rotatable bonds is 2. The second-order valence-corrected chi connectivity index (χ2v) is 5.47. The molecular formula is C8H6Br4O. The minimum atomic E-state index is 0.0223. The molecule has 1 aromatic carbocycles. The van der Waals surface area contributed by atoms with Gasteiger partial charge in [0.25, 0.3) is 0 Å². The highest BCUT2D eigenvalue weighted by Crippen LogP contribution is 2.35. The van der Waals surface area contributed by atoms with E-state index in [9.17, 15) is 0 Å². The third kappa shape index (κ3) is 2.56. The van der Waals surface area contributed by atoms with Crippen LogP contribution in [0, 0.1) is 0 Å². The van der Waals surface area contributed by atoms with Crippen LogP contribution < -0.4 is 0 Å². The van der Waals surface area contributed by atoms with Crippen molar-refractivity contribution in [3.8, 4) is 0 Å². The zero-order valence-corrected chi connectivity index (χ0v) is 12.8. The molecule has 0 atom stereocenters. The summed E-state index contributed by atoms with van der Waals surface area (Å²) in [6.07, 6.45) is 0. The lowest BCUT2D eigenvalue weighted by Gasteiger charge is -2.10. The fourth-order valence-corrected chi connectivity index (χ4v) is 4.93. The van der Waals surface area contributed by atoms with Crippen molar-refractivity contribution in [3.05, 3.63) is 30.6 Å². The van der Waals surface area contributed by atoms with Crippen LogP contribution in [0.15, 0.2) is 19.5 Å². The fourth-order valence-electron chi connectivity index (χ4n) is 0.945. The van der Waals surface area contributed by atoms with Crippen LogP contribution >= 0.6 is 63.7 Å². The summed E-state index contributed by atoms with van der Waals surface area (Å²) in [4.78, 5) is 0. The van der Waals surface area contributed by atoms with Gasteiger partial charge in [0.05, 0.1) is 6.61 Å². The Hall–Kier alpha value is 1.10. The molecule has 0 fully saturated rings. The van der Waals surface area contributed by atoms with Crippen molar-refractivity contribution >= 4 is 63.7 Å². The van der Waals surface area contributed by atoms with Gasteiger partial charge in [-0.05, 0) is 11.6 Å². The Labute approximate surface area is 110 Å². The maximum atomic E-state index is 9.12. The molecule has 1 nitrogen and oxygen atoms in total. The molecule has 0 aliphatic heterocycles. The maximum Gasteiger partial charge on any atom is 0.0704 e. The molecule has 0 aliphatic carbocycles. The largest absolute Gasteiger partial charge is 0.392 e. The predicted molar refractivity (Wildman–Crippen MR) is 68.1 cm³/mol. The van der Waals surface area contributed by atoms with Crippen LogP contribution in [0.4, 0.5) is 0 Å². The minimum Gasteiger partial charge on any atom is -0.392 e. The average molecular weight is 438 g/mol. The van der Waals surface area contributed by atoms with Gasteiger partial charge in [-0.25, -0.2) is 0 Å². The van der Waals surface area contributed by atoms with Crippen LogP contribution in [0.2, 0.25) is 0 Å². The summed E-state index contributed by atoms with van der Waals surface area (Å²) < 4.78 is 2.85. The van der Waals surface area contributed by atoms with Crippen LogP contribution in [0.5, 0.6) is 0 Å². The number of aliphatic hydroxyl groups excluding tert-OH is 1. The summed E-state index contributed by atoms with van der Waals surface area (Å²) in [6, 6.07) is 1.94. The van der Waals surface area contributed by atoms with Crippen LogP contribution in [0.25, 0.3) is 0 Å². The summed E-state index contributed by atoms with van der Waals surface area (Å²) in [7, 11) is 0. The normalized spacial score (nSPS) is 10.5. The van der Waals surface area contributed by atoms with Crippen molar-refractivity contribution in [2.45, 2.75) is 11.9 Å². The molecule has 0 spiro atoms. The van der Waals surface area contributed by atoms with Gasteiger partial charge in [-0.2, -0.15) is 0 Å². The summed E-state index contributed by atoms with van der Waals surface area (Å²) in [5.74, 6) is 0. The lowest BCUT2D eigenvalue weighted by atomic mass is 10.1. The van der Waals surface area contributed by atoms with Crippen LogP contribution in [-0.2, 0) is 11.9 Å². The Balaban J connectivity index is 3.39. The zero-order valence-electron chi connectivity index (χ0n) is 6.45. The molecule has 0 saturated heterocycles. The lowest BCUT2D eigenvalue weighted by Crippen LogP contribution is -1.93. The Morgan fingerprint density at radius 1 is 1.08 bits per heavy atom. The third-order valence-corrected chi connectivity index (χ3v) is 4.58. The molecule has 0 radical (unpaired) electrons. The zero-order chi connectivity index (χ0) is 10.0. The van der Waals surface area contributed by atoms with E-state index >= 15 is 0 Å². The second kappa shape index (κ2) is 5.26. The Kier molecular flexibility index (Phi) is 4.92. The molecule has 0 saturated carbocycles. The molecule has 0 amide bonds. The highest BCUT2D eigenvalue weighted by Gasteiger charge is 2.12. The van der Waals surface area contributed by atoms with Gasteiger partial charge in [0, 0.05) is 24.3 Å².